The molecule has 0 aromatic carbocycles. The molecule has 18 heteroatoms. The zero-order chi connectivity index (χ0) is 24.1. The molecule has 5 unspecified atom stereocenters. The predicted molar refractivity (Wildman–Crippen MR) is 134 cm³/mol. The second-order valence-electron chi connectivity index (χ2n) is 8.35. The lowest BCUT2D eigenvalue weighted by Gasteiger charge is -2.35. The number of halogens is 2. The Bertz CT molecular complexity index is 906. The molecule has 4 aliphatic heterocycles. The molecule has 0 amide bonds. The van der Waals surface area contributed by atoms with Crippen molar-refractivity contribution < 1.29 is 53.3 Å². The van der Waals surface area contributed by atoms with Crippen LogP contribution in [0, 0.1) is 0 Å². The van der Waals surface area contributed by atoms with Gasteiger partial charge in [0.2, 0.25) is 0 Å². The van der Waals surface area contributed by atoms with Gasteiger partial charge in [0.15, 0.2) is 0 Å². The fourth-order valence-corrected chi connectivity index (χ4v) is 7.43. The van der Waals surface area contributed by atoms with Crippen molar-refractivity contribution in [2.24, 2.45) is 0 Å². The van der Waals surface area contributed by atoms with Crippen molar-refractivity contribution >= 4 is 76.5 Å². The first-order chi connectivity index (χ1) is 15.4. The second-order valence-corrected chi connectivity index (χ2v) is 12.5. The maximum absolute atomic E-state index is 12.7. The number of hydrogen-bond acceptors (Lipinski definition) is 9. The van der Waals surface area contributed by atoms with E-state index in [1.54, 1.807) is 46.0 Å². The molecule has 12 nitrogen and oxygen atoms in total. The van der Waals surface area contributed by atoms with Gasteiger partial charge in [0.1, 0.15) is 89.5 Å². The van der Waals surface area contributed by atoms with E-state index in [2.05, 4.69) is 0 Å². The van der Waals surface area contributed by atoms with Gasteiger partial charge in [0, 0.05) is 18.1 Å². The smallest absolute Gasteiger partial charge is 0.348 e. The van der Waals surface area contributed by atoms with E-state index in [4.69, 9.17) is 39.3 Å². The van der Waals surface area contributed by atoms with Gasteiger partial charge in [-0.1, -0.05) is 0 Å². The van der Waals surface area contributed by atoms with Gasteiger partial charge in [-0.2, -0.15) is 0 Å². The molecule has 3 N–H and O–H groups in total. The van der Waals surface area contributed by atoms with Gasteiger partial charge >= 0.3 is 22.7 Å². The first kappa shape index (κ1) is 27.2. The third kappa shape index (κ3) is 5.54. The van der Waals surface area contributed by atoms with Crippen LogP contribution in [0.25, 0.3) is 0 Å². The molecule has 0 spiro atoms. The minimum absolute atomic E-state index is 0.0218. The minimum atomic E-state index is -4.43. The van der Waals surface area contributed by atoms with E-state index in [9.17, 15) is 14.0 Å². The summed E-state index contributed by atoms with van der Waals surface area (Å²) in [4.78, 5) is 28.7. The molecule has 0 aliphatic carbocycles. The molecule has 184 valence electrons. The topological polar surface area (TPSA) is 159 Å². The average Bonchev–Trinajstić information content (AvgIpc) is 3.31. The molecule has 4 bridgehead atoms. The van der Waals surface area contributed by atoms with Gasteiger partial charge in [0.25, 0.3) is 0 Å². The van der Waals surface area contributed by atoms with Crippen LogP contribution in [0.2, 0.25) is 0 Å². The molecule has 4 saturated heterocycles. The summed E-state index contributed by atoms with van der Waals surface area (Å²) in [7, 11) is -7.07. The number of hydrogen-bond donors (Lipinski definition) is 3. The normalized spacial score (nSPS) is 44.6. The fourth-order valence-electron chi connectivity index (χ4n) is 4.66. The second kappa shape index (κ2) is 10.1. The number of ether oxygens (including phenoxy) is 4. The van der Waals surface area contributed by atoms with E-state index in [0.717, 1.165) is 11.6 Å². The Balaban J connectivity index is 1.42. The number of fused-ring (bicyclic) bond motifs is 4. The van der Waals surface area contributed by atoms with Crippen molar-refractivity contribution in [1.29, 1.82) is 0 Å². The predicted octanol–water partition coefficient (Wildman–Crippen LogP) is 0.226. The molecule has 0 radical (unpaired) electrons. The van der Waals surface area contributed by atoms with Gasteiger partial charge in [0.05, 0.1) is 25.2 Å². The summed E-state index contributed by atoms with van der Waals surface area (Å²) in [5, 5.41) is 0. The van der Waals surface area contributed by atoms with Crippen LogP contribution in [0.1, 0.15) is 6.42 Å². The number of rotatable bonds is 9. The summed E-state index contributed by atoms with van der Waals surface area (Å²) >= 11 is 3.43. The van der Waals surface area contributed by atoms with Crippen molar-refractivity contribution in [3.8, 4) is 0 Å². The highest BCUT2D eigenvalue weighted by molar-refractivity contribution is 14.1. The fraction of sp³-hybridized carbons (Fsp3) is 0.733. The summed E-state index contributed by atoms with van der Waals surface area (Å²) in [5.74, 6) is 1.82. The Hall–Kier alpha value is 1.13. The van der Waals surface area contributed by atoms with E-state index in [1.165, 1.54) is 12.2 Å². The first-order valence-corrected chi connectivity index (χ1v) is 15.1. The van der Waals surface area contributed by atoms with Crippen LogP contribution < -0.4 is 0 Å². The summed E-state index contributed by atoms with van der Waals surface area (Å²) in [6.45, 7) is 0.456. The molecule has 9 atom stereocenters. The largest absolute Gasteiger partial charge is 0.373 e. The molecular formula is C15H22B2I2O12P2. The van der Waals surface area contributed by atoms with Crippen LogP contribution >= 0.6 is 61.2 Å². The molecule has 4 heterocycles. The highest BCUT2D eigenvalue weighted by Gasteiger charge is 2.62. The van der Waals surface area contributed by atoms with Crippen LogP contribution in [-0.4, -0.2) is 90.8 Å². The average molecular weight is 732 g/mol. The van der Waals surface area contributed by atoms with E-state index in [1.807, 2.05) is 7.85 Å². The van der Waals surface area contributed by atoms with Crippen molar-refractivity contribution in [2.75, 3.05) is 13.2 Å². The van der Waals surface area contributed by atoms with Gasteiger partial charge in [-0.15, -0.1) is 0 Å². The molecule has 0 aromatic heterocycles. The van der Waals surface area contributed by atoms with Gasteiger partial charge in [-0.25, -0.2) is 0 Å². The maximum Gasteiger partial charge on any atom is 0.348 e. The van der Waals surface area contributed by atoms with Crippen molar-refractivity contribution in [1.82, 2.24) is 0 Å². The summed E-state index contributed by atoms with van der Waals surface area (Å²) in [6, 6.07) is -1.02. The van der Waals surface area contributed by atoms with Crippen LogP contribution in [0.3, 0.4) is 0 Å². The van der Waals surface area contributed by atoms with Gasteiger partial charge < -0.3 is 44.2 Å². The highest BCUT2D eigenvalue weighted by Crippen LogP contribution is 2.50. The molecule has 33 heavy (non-hydrogen) atoms. The van der Waals surface area contributed by atoms with Crippen molar-refractivity contribution in [3.63, 3.8) is 0 Å². The Kier molecular flexibility index (Phi) is 8.33. The molecule has 4 rings (SSSR count). The summed E-state index contributed by atoms with van der Waals surface area (Å²) in [5.41, 5.74) is -2.13. The van der Waals surface area contributed by atoms with Crippen LogP contribution in [-0.2, 0) is 38.7 Å². The van der Waals surface area contributed by atoms with E-state index < -0.39 is 50.7 Å². The summed E-state index contributed by atoms with van der Waals surface area (Å²) in [6.07, 6.45) is 1.18. The molecular weight excluding hydrogens is 710 g/mol. The zero-order valence-electron chi connectivity index (χ0n) is 17.3. The van der Waals surface area contributed by atoms with E-state index >= 15 is 0 Å². The van der Waals surface area contributed by atoms with Gasteiger partial charge in [-0.3, -0.25) is 9.13 Å². The van der Waals surface area contributed by atoms with Crippen LogP contribution in [0.15, 0.2) is 23.8 Å². The lowest BCUT2D eigenvalue weighted by atomic mass is 9.85. The SMILES string of the molecule is B[C@@H]1O[C@@]2(/C=C/P(=O)(O)OB[C@@H]3O[C@@]4(/C=C/P(=O)(O)O)COC3C4OI)CCOC1C2OI. The first-order valence-electron chi connectivity index (χ1n) is 10.0. The molecule has 0 aromatic rings. The van der Waals surface area contributed by atoms with Crippen molar-refractivity contribution in [2.45, 2.75) is 54.0 Å². The molecule has 4 fully saturated rings. The zero-order valence-corrected chi connectivity index (χ0v) is 23.4. The third-order valence-electron chi connectivity index (χ3n) is 6.18. The van der Waals surface area contributed by atoms with Crippen LogP contribution in [0.5, 0.6) is 0 Å². The lowest BCUT2D eigenvalue weighted by Crippen LogP contribution is -2.48. The standard InChI is InChI=1S/C15H22B2I2O12P2/c16-12-8-10(29-18)14(27-12,1-4-25-8)3-6-33(23,24)31-17-13-9-11(30-19)15(28-13,7-26-9)2-5-32(20,21)22/h2-3,5-6,8-13,17H,1,4,7,16H2,(H,23,24)(H2,20,21,22)/b5-2+,6-3+/t8?,9?,10?,11?,12-,13-,14-,15+/m1/s1. The summed E-state index contributed by atoms with van der Waals surface area (Å²) < 4.78 is 63.5. The Morgan fingerprint density at radius 3 is 2.33 bits per heavy atom. The Morgan fingerprint density at radius 1 is 1.00 bits per heavy atom. The van der Waals surface area contributed by atoms with Crippen molar-refractivity contribution in [3.05, 3.63) is 23.8 Å². The molecule has 0 saturated carbocycles. The minimum Gasteiger partial charge on any atom is -0.373 e. The maximum atomic E-state index is 12.7. The quantitative estimate of drug-likeness (QED) is 0.169. The lowest BCUT2D eigenvalue weighted by molar-refractivity contribution is -0.0953. The van der Waals surface area contributed by atoms with E-state index in [-0.39, 0.29) is 26.2 Å². The monoisotopic (exact) mass is 732 g/mol. The third-order valence-corrected chi connectivity index (χ3v) is 8.86. The highest BCUT2D eigenvalue weighted by atomic mass is 127. The Morgan fingerprint density at radius 2 is 1.67 bits per heavy atom. The van der Waals surface area contributed by atoms with Crippen LogP contribution in [0.4, 0.5) is 0 Å². The Labute approximate surface area is 219 Å². The van der Waals surface area contributed by atoms with E-state index in [0.29, 0.717) is 13.0 Å². The van der Waals surface area contributed by atoms with Gasteiger partial charge in [-0.05, 0) is 12.2 Å². The molecule has 4 aliphatic rings.